The SMILES string of the molecule is CC(=Nc1ccccc1C(F)(F)F)c1ccc(F)c(F)c1. The molecule has 0 saturated carbocycles. The van der Waals surface area contributed by atoms with E-state index in [0.717, 1.165) is 18.2 Å². The van der Waals surface area contributed by atoms with Crippen LogP contribution in [0.3, 0.4) is 0 Å². The van der Waals surface area contributed by atoms with E-state index in [1.807, 2.05) is 0 Å². The minimum atomic E-state index is -4.53. The first-order valence-corrected chi connectivity index (χ1v) is 5.96. The Morgan fingerprint density at radius 3 is 2.24 bits per heavy atom. The van der Waals surface area contributed by atoms with Crippen LogP contribution < -0.4 is 0 Å². The first kappa shape index (κ1) is 15.2. The number of halogens is 5. The summed E-state index contributed by atoms with van der Waals surface area (Å²) in [6, 6.07) is 7.86. The second kappa shape index (κ2) is 5.63. The summed E-state index contributed by atoms with van der Waals surface area (Å²) in [6.07, 6.45) is -4.53. The number of aliphatic imine (C=N–C) groups is 1. The summed E-state index contributed by atoms with van der Waals surface area (Å²) in [5.74, 6) is -2.10. The second-order valence-electron chi connectivity index (χ2n) is 4.34. The zero-order valence-corrected chi connectivity index (χ0v) is 10.9. The highest BCUT2D eigenvalue weighted by Crippen LogP contribution is 2.36. The molecule has 2 rings (SSSR count). The molecule has 21 heavy (non-hydrogen) atoms. The van der Waals surface area contributed by atoms with E-state index in [9.17, 15) is 22.0 Å². The van der Waals surface area contributed by atoms with E-state index in [1.165, 1.54) is 31.2 Å². The summed E-state index contributed by atoms with van der Waals surface area (Å²) in [5.41, 5.74) is -0.782. The molecule has 2 aromatic rings. The Morgan fingerprint density at radius 2 is 1.62 bits per heavy atom. The van der Waals surface area contributed by atoms with E-state index in [0.29, 0.717) is 0 Å². The summed E-state index contributed by atoms with van der Waals surface area (Å²) < 4.78 is 64.5. The Balaban J connectivity index is 2.46. The molecule has 110 valence electrons. The minimum absolute atomic E-state index is 0.158. The van der Waals surface area contributed by atoms with Crippen LogP contribution in [0.2, 0.25) is 0 Å². The molecule has 0 amide bonds. The zero-order chi connectivity index (χ0) is 15.6. The molecule has 0 radical (unpaired) electrons. The van der Waals surface area contributed by atoms with Crippen molar-refractivity contribution < 1.29 is 22.0 Å². The number of rotatable bonds is 2. The third-order valence-electron chi connectivity index (χ3n) is 2.83. The lowest BCUT2D eigenvalue weighted by molar-refractivity contribution is -0.137. The van der Waals surface area contributed by atoms with Crippen molar-refractivity contribution in [3.63, 3.8) is 0 Å². The Kier molecular flexibility index (Phi) is 4.06. The van der Waals surface area contributed by atoms with Crippen LogP contribution in [0.15, 0.2) is 47.5 Å². The fourth-order valence-corrected chi connectivity index (χ4v) is 1.78. The van der Waals surface area contributed by atoms with Crippen molar-refractivity contribution in [2.45, 2.75) is 13.1 Å². The zero-order valence-electron chi connectivity index (χ0n) is 10.9. The molecule has 0 atom stereocenters. The van der Waals surface area contributed by atoms with E-state index in [1.54, 1.807) is 0 Å². The fraction of sp³-hybridized carbons (Fsp3) is 0.133. The molecular weight excluding hydrogens is 289 g/mol. The standard InChI is InChI=1S/C15H10F5N/c1-9(10-6-7-12(16)13(17)8-10)21-14-5-3-2-4-11(14)15(18,19)20/h2-8H,1H3. The fourth-order valence-electron chi connectivity index (χ4n) is 1.78. The van der Waals surface area contributed by atoms with Crippen molar-refractivity contribution in [1.29, 1.82) is 0 Å². The van der Waals surface area contributed by atoms with Gasteiger partial charge in [0.25, 0.3) is 0 Å². The minimum Gasteiger partial charge on any atom is -0.253 e. The predicted molar refractivity (Wildman–Crippen MR) is 69.7 cm³/mol. The van der Waals surface area contributed by atoms with E-state index < -0.39 is 23.4 Å². The smallest absolute Gasteiger partial charge is 0.253 e. The molecule has 0 aliphatic rings. The van der Waals surface area contributed by atoms with Crippen LogP contribution in [0.4, 0.5) is 27.6 Å². The monoisotopic (exact) mass is 299 g/mol. The van der Waals surface area contributed by atoms with E-state index in [4.69, 9.17) is 0 Å². The summed E-state index contributed by atoms with van der Waals surface area (Å²) in [5, 5.41) is 0. The highest BCUT2D eigenvalue weighted by molar-refractivity contribution is 6.00. The largest absolute Gasteiger partial charge is 0.418 e. The number of nitrogens with zero attached hydrogens (tertiary/aromatic N) is 1. The van der Waals surface area contributed by atoms with Crippen LogP contribution in [0.1, 0.15) is 18.1 Å². The van der Waals surface area contributed by atoms with E-state index >= 15 is 0 Å². The quantitative estimate of drug-likeness (QED) is 0.539. The summed E-state index contributed by atoms with van der Waals surface area (Å²) >= 11 is 0. The van der Waals surface area contributed by atoms with Gasteiger partial charge in [-0.25, -0.2) is 8.78 Å². The number of hydrogen-bond donors (Lipinski definition) is 0. The van der Waals surface area contributed by atoms with Crippen molar-refractivity contribution in [3.8, 4) is 0 Å². The summed E-state index contributed by atoms with van der Waals surface area (Å²) in [4.78, 5) is 3.87. The second-order valence-corrected chi connectivity index (χ2v) is 4.34. The molecule has 0 fully saturated rings. The van der Waals surface area contributed by atoms with Gasteiger partial charge in [-0.1, -0.05) is 18.2 Å². The number of benzene rings is 2. The van der Waals surface area contributed by atoms with Gasteiger partial charge in [0.2, 0.25) is 0 Å². The normalized spacial score (nSPS) is 12.6. The number of alkyl halides is 3. The maximum atomic E-state index is 13.1. The Labute approximate surface area is 117 Å². The topological polar surface area (TPSA) is 12.4 Å². The van der Waals surface area contributed by atoms with Crippen LogP contribution in [-0.2, 0) is 6.18 Å². The third kappa shape index (κ3) is 3.45. The molecule has 6 heteroatoms. The average Bonchev–Trinajstić information content (AvgIpc) is 2.41. The highest BCUT2D eigenvalue weighted by atomic mass is 19.4. The Hall–Kier alpha value is -2.24. The van der Waals surface area contributed by atoms with Crippen molar-refractivity contribution >= 4 is 11.4 Å². The molecular formula is C15H10F5N. The van der Waals surface area contributed by atoms with Gasteiger partial charge >= 0.3 is 6.18 Å². The first-order chi connectivity index (χ1) is 9.79. The molecule has 0 unspecified atom stereocenters. The summed E-state index contributed by atoms with van der Waals surface area (Å²) in [7, 11) is 0. The Bertz CT molecular complexity index is 689. The number of hydrogen-bond acceptors (Lipinski definition) is 1. The first-order valence-electron chi connectivity index (χ1n) is 5.96. The number of para-hydroxylation sites is 1. The molecule has 0 bridgehead atoms. The van der Waals surface area contributed by atoms with Gasteiger partial charge in [0.15, 0.2) is 11.6 Å². The van der Waals surface area contributed by atoms with Gasteiger partial charge < -0.3 is 0 Å². The van der Waals surface area contributed by atoms with Gasteiger partial charge in [-0.15, -0.1) is 0 Å². The lowest BCUT2D eigenvalue weighted by Crippen LogP contribution is -2.05. The van der Waals surface area contributed by atoms with Gasteiger partial charge in [0.05, 0.1) is 11.3 Å². The summed E-state index contributed by atoms with van der Waals surface area (Å²) in [6.45, 7) is 1.43. The Morgan fingerprint density at radius 1 is 0.952 bits per heavy atom. The molecule has 0 heterocycles. The van der Waals surface area contributed by atoms with Gasteiger partial charge in [-0.3, -0.25) is 4.99 Å². The van der Waals surface area contributed by atoms with Gasteiger partial charge in [0, 0.05) is 5.71 Å². The van der Waals surface area contributed by atoms with Crippen molar-refractivity contribution in [3.05, 3.63) is 65.2 Å². The van der Waals surface area contributed by atoms with Crippen molar-refractivity contribution in [2.24, 2.45) is 4.99 Å². The van der Waals surface area contributed by atoms with Gasteiger partial charge in [-0.05, 0) is 36.8 Å². The molecule has 0 aromatic heterocycles. The van der Waals surface area contributed by atoms with E-state index in [2.05, 4.69) is 4.99 Å². The van der Waals surface area contributed by atoms with Crippen molar-refractivity contribution in [1.82, 2.24) is 0 Å². The lowest BCUT2D eigenvalue weighted by atomic mass is 10.1. The van der Waals surface area contributed by atoms with Gasteiger partial charge in [-0.2, -0.15) is 13.2 Å². The molecule has 1 nitrogen and oxygen atoms in total. The van der Waals surface area contributed by atoms with Crippen molar-refractivity contribution in [2.75, 3.05) is 0 Å². The predicted octanol–water partition coefficient (Wildman–Crippen LogP) is 5.12. The molecule has 0 aliphatic heterocycles. The molecule has 0 N–H and O–H groups in total. The molecule has 0 spiro atoms. The molecule has 0 saturated heterocycles. The van der Waals surface area contributed by atoms with Crippen LogP contribution in [0.25, 0.3) is 0 Å². The van der Waals surface area contributed by atoms with Crippen LogP contribution in [-0.4, -0.2) is 5.71 Å². The molecule has 0 aliphatic carbocycles. The average molecular weight is 299 g/mol. The van der Waals surface area contributed by atoms with E-state index in [-0.39, 0.29) is 17.0 Å². The lowest BCUT2D eigenvalue weighted by Gasteiger charge is -2.10. The van der Waals surface area contributed by atoms with Gasteiger partial charge in [0.1, 0.15) is 0 Å². The van der Waals surface area contributed by atoms with Crippen LogP contribution in [0, 0.1) is 11.6 Å². The maximum Gasteiger partial charge on any atom is 0.418 e. The van der Waals surface area contributed by atoms with Crippen LogP contribution in [0.5, 0.6) is 0 Å². The highest BCUT2D eigenvalue weighted by Gasteiger charge is 2.33. The van der Waals surface area contributed by atoms with Crippen LogP contribution >= 0.6 is 0 Å². The molecule has 2 aromatic carbocycles. The maximum absolute atomic E-state index is 13.1. The third-order valence-corrected chi connectivity index (χ3v) is 2.83.